The van der Waals surface area contributed by atoms with E-state index < -0.39 is 0 Å². The van der Waals surface area contributed by atoms with Gasteiger partial charge in [-0.05, 0) is 37.2 Å². The van der Waals surface area contributed by atoms with Crippen molar-refractivity contribution in [2.24, 2.45) is 23.5 Å². The molecule has 0 bridgehead atoms. The fourth-order valence-corrected chi connectivity index (χ4v) is 4.93. The number of nitrogens with two attached hydrogens (primary N) is 1. The molecular formula is C20H27N3O2. The number of amides is 2. The predicted molar refractivity (Wildman–Crippen MR) is 95.4 cm³/mol. The third kappa shape index (κ3) is 2.95. The van der Waals surface area contributed by atoms with E-state index in [1.165, 1.54) is 0 Å². The quantitative estimate of drug-likeness (QED) is 0.911. The molecule has 1 saturated carbocycles. The number of rotatable bonds is 3. The summed E-state index contributed by atoms with van der Waals surface area (Å²) in [6.45, 7) is 4.19. The van der Waals surface area contributed by atoms with Crippen LogP contribution in [0.1, 0.15) is 37.8 Å². The van der Waals surface area contributed by atoms with E-state index in [2.05, 4.69) is 0 Å². The van der Waals surface area contributed by atoms with Crippen LogP contribution in [-0.2, 0) is 9.59 Å². The summed E-state index contributed by atoms with van der Waals surface area (Å²) < 4.78 is 0. The molecule has 1 aromatic carbocycles. The average molecular weight is 341 g/mol. The number of nitrogens with zero attached hydrogens (tertiary/aromatic N) is 2. The summed E-state index contributed by atoms with van der Waals surface area (Å²) in [5.74, 6) is 1.06. The molecule has 2 aliphatic heterocycles. The van der Waals surface area contributed by atoms with Crippen molar-refractivity contribution in [1.82, 2.24) is 9.80 Å². The molecule has 4 rings (SSSR count). The zero-order chi connectivity index (χ0) is 17.6. The lowest BCUT2D eigenvalue weighted by Crippen LogP contribution is -2.38. The molecule has 0 spiro atoms. The minimum absolute atomic E-state index is 0.0119. The van der Waals surface area contributed by atoms with Crippen molar-refractivity contribution in [2.75, 3.05) is 19.6 Å². The van der Waals surface area contributed by atoms with Crippen LogP contribution in [0.15, 0.2) is 30.3 Å². The molecule has 5 nitrogen and oxygen atoms in total. The Morgan fingerprint density at radius 3 is 2.64 bits per heavy atom. The smallest absolute Gasteiger partial charge is 0.228 e. The van der Waals surface area contributed by atoms with Gasteiger partial charge in [0.25, 0.3) is 0 Å². The van der Waals surface area contributed by atoms with Crippen LogP contribution in [0.4, 0.5) is 0 Å². The summed E-state index contributed by atoms with van der Waals surface area (Å²) in [7, 11) is 0. The first-order valence-electron chi connectivity index (χ1n) is 9.43. The van der Waals surface area contributed by atoms with Gasteiger partial charge < -0.3 is 15.5 Å². The van der Waals surface area contributed by atoms with Crippen molar-refractivity contribution in [1.29, 1.82) is 0 Å². The fourth-order valence-electron chi connectivity index (χ4n) is 4.93. The first kappa shape index (κ1) is 16.6. The van der Waals surface area contributed by atoms with E-state index >= 15 is 0 Å². The summed E-state index contributed by atoms with van der Waals surface area (Å²) in [6, 6.07) is 10.3. The molecule has 3 aliphatic rings. The Hall–Kier alpha value is -1.88. The zero-order valence-electron chi connectivity index (χ0n) is 14.8. The summed E-state index contributed by atoms with van der Waals surface area (Å²) >= 11 is 0. The Morgan fingerprint density at radius 2 is 1.92 bits per heavy atom. The molecule has 2 heterocycles. The first-order chi connectivity index (χ1) is 12.0. The van der Waals surface area contributed by atoms with Crippen LogP contribution in [0.5, 0.6) is 0 Å². The molecule has 25 heavy (non-hydrogen) atoms. The number of likely N-dealkylation sites (tertiary alicyclic amines) is 2. The van der Waals surface area contributed by atoms with Gasteiger partial charge in [0.15, 0.2) is 0 Å². The highest BCUT2D eigenvalue weighted by atomic mass is 16.2. The van der Waals surface area contributed by atoms with Crippen LogP contribution in [-0.4, -0.2) is 47.3 Å². The molecule has 1 aliphatic carbocycles. The highest BCUT2D eigenvalue weighted by molar-refractivity contribution is 5.89. The predicted octanol–water partition coefficient (Wildman–Crippen LogP) is 1.79. The number of hydrogen-bond acceptors (Lipinski definition) is 3. The van der Waals surface area contributed by atoms with E-state index in [0.29, 0.717) is 24.8 Å². The summed E-state index contributed by atoms with van der Waals surface area (Å²) in [4.78, 5) is 29.3. The first-order valence-corrected chi connectivity index (χ1v) is 9.43. The SMILES string of the molecule is CC(c1ccccc1)N1CC(C(=O)N2CC3CCC(N)C3C2)CC1=O. The van der Waals surface area contributed by atoms with Gasteiger partial charge >= 0.3 is 0 Å². The third-order valence-corrected chi connectivity index (χ3v) is 6.48. The number of carbonyl (C=O) groups is 2. The van der Waals surface area contributed by atoms with Gasteiger partial charge in [-0.1, -0.05) is 30.3 Å². The third-order valence-electron chi connectivity index (χ3n) is 6.48. The summed E-state index contributed by atoms with van der Waals surface area (Å²) in [5.41, 5.74) is 7.30. The van der Waals surface area contributed by atoms with Gasteiger partial charge in [0.1, 0.15) is 0 Å². The van der Waals surface area contributed by atoms with Gasteiger partial charge in [-0.3, -0.25) is 9.59 Å². The minimum Gasteiger partial charge on any atom is -0.342 e. The molecule has 5 unspecified atom stereocenters. The Balaban J connectivity index is 1.41. The van der Waals surface area contributed by atoms with Crippen molar-refractivity contribution in [3.8, 4) is 0 Å². The maximum absolute atomic E-state index is 12.9. The number of carbonyl (C=O) groups excluding carboxylic acids is 2. The zero-order valence-corrected chi connectivity index (χ0v) is 14.8. The molecular weight excluding hydrogens is 314 g/mol. The average Bonchev–Trinajstić information content (AvgIpc) is 3.31. The highest BCUT2D eigenvalue weighted by Crippen LogP contribution is 2.38. The Kier molecular flexibility index (Phi) is 4.28. The molecule has 2 saturated heterocycles. The second-order valence-corrected chi connectivity index (χ2v) is 7.94. The standard InChI is InChI=1S/C20H27N3O2/c1-13(14-5-3-2-4-6-14)23-11-16(9-19(23)24)20(25)22-10-15-7-8-18(21)17(15)12-22/h2-6,13,15-18H,7-12,21H2,1H3. The molecule has 2 N–H and O–H groups in total. The lowest BCUT2D eigenvalue weighted by atomic mass is 9.98. The molecule has 2 amide bonds. The molecule has 0 radical (unpaired) electrons. The molecule has 134 valence electrons. The Bertz CT molecular complexity index is 662. The van der Waals surface area contributed by atoms with E-state index in [4.69, 9.17) is 5.73 Å². The van der Waals surface area contributed by atoms with Crippen LogP contribution in [0, 0.1) is 17.8 Å². The lowest BCUT2D eigenvalue weighted by Gasteiger charge is -2.26. The van der Waals surface area contributed by atoms with Crippen molar-refractivity contribution in [3.05, 3.63) is 35.9 Å². The van der Waals surface area contributed by atoms with Gasteiger partial charge in [0.05, 0.1) is 12.0 Å². The fraction of sp³-hybridized carbons (Fsp3) is 0.600. The molecule has 1 aromatic rings. The van der Waals surface area contributed by atoms with Gasteiger partial charge in [0, 0.05) is 32.1 Å². The van der Waals surface area contributed by atoms with Crippen LogP contribution >= 0.6 is 0 Å². The monoisotopic (exact) mass is 341 g/mol. The van der Waals surface area contributed by atoms with E-state index in [0.717, 1.165) is 31.5 Å². The van der Waals surface area contributed by atoms with Crippen molar-refractivity contribution in [2.45, 2.75) is 38.3 Å². The number of benzene rings is 1. The lowest BCUT2D eigenvalue weighted by molar-refractivity contribution is -0.135. The topological polar surface area (TPSA) is 66.6 Å². The van der Waals surface area contributed by atoms with E-state index in [-0.39, 0.29) is 29.8 Å². The Labute approximate surface area is 149 Å². The largest absolute Gasteiger partial charge is 0.342 e. The van der Waals surface area contributed by atoms with Crippen molar-refractivity contribution >= 4 is 11.8 Å². The van der Waals surface area contributed by atoms with Gasteiger partial charge in [0.2, 0.25) is 11.8 Å². The van der Waals surface area contributed by atoms with Crippen LogP contribution < -0.4 is 5.73 Å². The van der Waals surface area contributed by atoms with E-state index in [1.54, 1.807) is 0 Å². The van der Waals surface area contributed by atoms with Crippen molar-refractivity contribution < 1.29 is 9.59 Å². The van der Waals surface area contributed by atoms with Gasteiger partial charge in [-0.15, -0.1) is 0 Å². The molecule has 0 aromatic heterocycles. The summed E-state index contributed by atoms with van der Waals surface area (Å²) in [5, 5.41) is 0. The van der Waals surface area contributed by atoms with Crippen LogP contribution in [0.3, 0.4) is 0 Å². The second-order valence-electron chi connectivity index (χ2n) is 7.94. The minimum atomic E-state index is -0.200. The van der Waals surface area contributed by atoms with Crippen LogP contribution in [0.25, 0.3) is 0 Å². The Morgan fingerprint density at radius 1 is 1.16 bits per heavy atom. The van der Waals surface area contributed by atoms with Gasteiger partial charge in [-0.25, -0.2) is 0 Å². The molecule has 5 atom stereocenters. The highest BCUT2D eigenvalue weighted by Gasteiger charge is 2.45. The van der Waals surface area contributed by atoms with Crippen LogP contribution in [0.2, 0.25) is 0 Å². The normalized spacial score (nSPS) is 33.0. The number of hydrogen-bond donors (Lipinski definition) is 1. The molecule has 3 fully saturated rings. The van der Waals surface area contributed by atoms with E-state index in [1.807, 2.05) is 47.1 Å². The second kappa shape index (κ2) is 6.45. The molecule has 5 heteroatoms. The number of fused-ring (bicyclic) bond motifs is 1. The summed E-state index contributed by atoms with van der Waals surface area (Å²) in [6.07, 6.45) is 2.56. The van der Waals surface area contributed by atoms with Gasteiger partial charge in [-0.2, -0.15) is 0 Å². The van der Waals surface area contributed by atoms with Crippen molar-refractivity contribution in [3.63, 3.8) is 0 Å². The van der Waals surface area contributed by atoms with E-state index in [9.17, 15) is 9.59 Å². The maximum Gasteiger partial charge on any atom is 0.228 e. The maximum atomic E-state index is 12.9.